The Kier molecular flexibility index (Phi) is 4.79. The second-order valence-electron chi connectivity index (χ2n) is 3.92. The maximum atomic E-state index is 5.90. The highest BCUT2D eigenvalue weighted by molar-refractivity contribution is 9.08. The van der Waals surface area contributed by atoms with Crippen LogP contribution >= 0.6 is 15.9 Å². The Hall–Kier alpha value is -1.32. The fourth-order valence-electron chi connectivity index (χ4n) is 1.71. The molecular formula is C15H15BrO2. The molecule has 0 radical (unpaired) electrons. The summed E-state index contributed by atoms with van der Waals surface area (Å²) >= 11 is 3.46. The van der Waals surface area contributed by atoms with E-state index in [0.29, 0.717) is 6.61 Å². The molecule has 2 aromatic carbocycles. The second-order valence-corrected chi connectivity index (χ2v) is 4.48. The molecule has 0 unspecified atom stereocenters. The van der Waals surface area contributed by atoms with E-state index in [1.807, 2.05) is 48.5 Å². The Morgan fingerprint density at radius 3 is 2.67 bits per heavy atom. The number of benzene rings is 2. The molecule has 0 bridgehead atoms. The Balaban J connectivity index is 2.20. The molecule has 0 atom stereocenters. The molecule has 0 fully saturated rings. The van der Waals surface area contributed by atoms with Crippen molar-refractivity contribution >= 4 is 15.9 Å². The van der Waals surface area contributed by atoms with Crippen LogP contribution in [0.2, 0.25) is 0 Å². The number of ether oxygens (including phenoxy) is 2. The van der Waals surface area contributed by atoms with Gasteiger partial charge in [0, 0.05) is 18.0 Å². The maximum Gasteiger partial charge on any atom is 0.131 e. The Morgan fingerprint density at radius 2 is 1.89 bits per heavy atom. The van der Waals surface area contributed by atoms with Gasteiger partial charge in [-0.3, -0.25) is 0 Å². The molecule has 0 amide bonds. The molecule has 0 aliphatic carbocycles. The van der Waals surface area contributed by atoms with Crippen LogP contribution in [0.3, 0.4) is 0 Å². The lowest BCUT2D eigenvalue weighted by Crippen LogP contribution is -1.91. The summed E-state index contributed by atoms with van der Waals surface area (Å²) in [7, 11) is 1.69. The van der Waals surface area contributed by atoms with E-state index in [1.165, 1.54) is 0 Å². The number of para-hydroxylation sites is 1. The molecule has 0 aliphatic heterocycles. The van der Waals surface area contributed by atoms with E-state index in [9.17, 15) is 0 Å². The largest absolute Gasteiger partial charge is 0.457 e. The Bertz CT molecular complexity index is 511. The van der Waals surface area contributed by atoms with Crippen LogP contribution in [0.5, 0.6) is 11.5 Å². The van der Waals surface area contributed by atoms with Crippen molar-refractivity contribution in [2.45, 2.75) is 11.9 Å². The number of methoxy groups -OCH3 is 1. The molecule has 94 valence electrons. The average Bonchev–Trinajstić information content (AvgIpc) is 2.40. The first kappa shape index (κ1) is 13.1. The smallest absolute Gasteiger partial charge is 0.131 e. The number of rotatable bonds is 5. The number of hydrogen-bond donors (Lipinski definition) is 0. The molecule has 0 heterocycles. The minimum atomic E-state index is 0.595. The van der Waals surface area contributed by atoms with E-state index in [2.05, 4.69) is 15.9 Å². The van der Waals surface area contributed by atoms with Crippen LogP contribution in [-0.4, -0.2) is 7.11 Å². The molecule has 2 aromatic rings. The minimum absolute atomic E-state index is 0.595. The van der Waals surface area contributed by atoms with E-state index >= 15 is 0 Å². The molecular weight excluding hydrogens is 292 g/mol. The van der Waals surface area contributed by atoms with Crippen molar-refractivity contribution in [3.05, 3.63) is 59.7 Å². The molecule has 0 aliphatic rings. The monoisotopic (exact) mass is 306 g/mol. The van der Waals surface area contributed by atoms with Crippen molar-refractivity contribution in [1.29, 1.82) is 0 Å². The standard InChI is InChI=1S/C15H15BrO2/c1-17-11-12-5-4-7-14(9-12)18-15-8-3-2-6-13(15)10-16/h2-9H,10-11H2,1H3. The first-order chi connectivity index (χ1) is 8.83. The molecule has 0 saturated heterocycles. The van der Waals surface area contributed by atoms with Gasteiger partial charge in [0.05, 0.1) is 6.61 Å². The Labute approximate surface area is 116 Å². The molecule has 0 aromatic heterocycles. The third-order valence-electron chi connectivity index (χ3n) is 2.55. The topological polar surface area (TPSA) is 18.5 Å². The summed E-state index contributed by atoms with van der Waals surface area (Å²) in [5, 5.41) is 0.779. The summed E-state index contributed by atoms with van der Waals surface area (Å²) in [5.74, 6) is 1.71. The molecule has 3 heteroatoms. The van der Waals surface area contributed by atoms with E-state index in [4.69, 9.17) is 9.47 Å². The van der Waals surface area contributed by atoms with E-state index in [1.54, 1.807) is 7.11 Å². The fraction of sp³-hybridized carbons (Fsp3) is 0.200. The van der Waals surface area contributed by atoms with Gasteiger partial charge in [0.15, 0.2) is 0 Å². The van der Waals surface area contributed by atoms with Gasteiger partial charge in [-0.25, -0.2) is 0 Å². The van der Waals surface area contributed by atoms with Crippen molar-refractivity contribution in [1.82, 2.24) is 0 Å². The summed E-state index contributed by atoms with van der Waals surface area (Å²) < 4.78 is 11.0. The predicted molar refractivity (Wildman–Crippen MR) is 76.3 cm³/mol. The second kappa shape index (κ2) is 6.57. The lowest BCUT2D eigenvalue weighted by molar-refractivity contribution is 0.184. The molecule has 0 spiro atoms. The SMILES string of the molecule is COCc1cccc(Oc2ccccc2CBr)c1. The molecule has 2 nitrogen and oxygen atoms in total. The van der Waals surface area contributed by atoms with Gasteiger partial charge >= 0.3 is 0 Å². The number of hydrogen-bond acceptors (Lipinski definition) is 2. The molecule has 0 N–H and O–H groups in total. The number of halogens is 1. The predicted octanol–water partition coefficient (Wildman–Crippen LogP) is 4.52. The molecule has 18 heavy (non-hydrogen) atoms. The van der Waals surface area contributed by atoms with Gasteiger partial charge in [-0.15, -0.1) is 0 Å². The van der Waals surface area contributed by atoms with Gasteiger partial charge in [-0.1, -0.05) is 46.3 Å². The third-order valence-corrected chi connectivity index (χ3v) is 3.16. The highest BCUT2D eigenvalue weighted by atomic mass is 79.9. The molecule has 2 rings (SSSR count). The summed E-state index contributed by atoms with van der Waals surface area (Å²) in [4.78, 5) is 0. The van der Waals surface area contributed by atoms with Crippen LogP contribution < -0.4 is 4.74 Å². The van der Waals surface area contributed by atoms with E-state index < -0.39 is 0 Å². The lowest BCUT2D eigenvalue weighted by atomic mass is 10.2. The van der Waals surface area contributed by atoms with Crippen LogP contribution in [0, 0.1) is 0 Å². The highest BCUT2D eigenvalue weighted by Gasteiger charge is 2.03. The van der Waals surface area contributed by atoms with Crippen molar-refractivity contribution < 1.29 is 9.47 Å². The van der Waals surface area contributed by atoms with Gasteiger partial charge in [-0.2, -0.15) is 0 Å². The van der Waals surface area contributed by atoms with Crippen LogP contribution in [0.15, 0.2) is 48.5 Å². The van der Waals surface area contributed by atoms with E-state index in [0.717, 1.165) is 28.0 Å². The summed E-state index contributed by atoms with van der Waals surface area (Å²) in [6.45, 7) is 0.595. The minimum Gasteiger partial charge on any atom is -0.457 e. The van der Waals surface area contributed by atoms with Gasteiger partial charge < -0.3 is 9.47 Å². The zero-order valence-corrected chi connectivity index (χ0v) is 11.8. The van der Waals surface area contributed by atoms with Gasteiger partial charge in [0.25, 0.3) is 0 Å². The fourth-order valence-corrected chi connectivity index (χ4v) is 2.17. The maximum absolute atomic E-state index is 5.90. The Morgan fingerprint density at radius 1 is 1.06 bits per heavy atom. The van der Waals surface area contributed by atoms with Crippen molar-refractivity contribution in [2.24, 2.45) is 0 Å². The van der Waals surface area contributed by atoms with Gasteiger partial charge in [0.2, 0.25) is 0 Å². The van der Waals surface area contributed by atoms with Crippen LogP contribution in [-0.2, 0) is 16.7 Å². The van der Waals surface area contributed by atoms with Crippen molar-refractivity contribution in [3.8, 4) is 11.5 Å². The first-order valence-corrected chi connectivity index (χ1v) is 6.85. The lowest BCUT2D eigenvalue weighted by Gasteiger charge is -2.10. The summed E-state index contributed by atoms with van der Waals surface area (Å²) in [6.07, 6.45) is 0. The van der Waals surface area contributed by atoms with Crippen molar-refractivity contribution in [3.63, 3.8) is 0 Å². The average molecular weight is 307 g/mol. The summed E-state index contributed by atoms with van der Waals surface area (Å²) in [5.41, 5.74) is 2.24. The molecule has 0 saturated carbocycles. The normalized spacial score (nSPS) is 10.3. The van der Waals surface area contributed by atoms with Gasteiger partial charge in [-0.05, 0) is 23.8 Å². The van der Waals surface area contributed by atoms with Crippen LogP contribution in [0.4, 0.5) is 0 Å². The first-order valence-electron chi connectivity index (χ1n) is 5.73. The van der Waals surface area contributed by atoms with Crippen LogP contribution in [0.25, 0.3) is 0 Å². The zero-order valence-electron chi connectivity index (χ0n) is 10.2. The third kappa shape index (κ3) is 3.34. The summed E-state index contributed by atoms with van der Waals surface area (Å²) in [6, 6.07) is 15.9. The van der Waals surface area contributed by atoms with Crippen molar-refractivity contribution in [2.75, 3.05) is 7.11 Å². The van der Waals surface area contributed by atoms with E-state index in [-0.39, 0.29) is 0 Å². The van der Waals surface area contributed by atoms with Crippen LogP contribution in [0.1, 0.15) is 11.1 Å². The number of alkyl halides is 1. The van der Waals surface area contributed by atoms with Gasteiger partial charge in [0.1, 0.15) is 11.5 Å². The quantitative estimate of drug-likeness (QED) is 0.756. The highest BCUT2D eigenvalue weighted by Crippen LogP contribution is 2.27. The zero-order chi connectivity index (χ0) is 12.8.